The molecule has 29 heavy (non-hydrogen) atoms. The zero-order valence-corrected chi connectivity index (χ0v) is 16.2. The van der Waals surface area contributed by atoms with E-state index in [-0.39, 0.29) is 6.04 Å². The molecule has 1 aliphatic heterocycles. The summed E-state index contributed by atoms with van der Waals surface area (Å²) >= 11 is 0. The van der Waals surface area contributed by atoms with Crippen LogP contribution in [-0.2, 0) is 4.74 Å². The zero-order valence-electron chi connectivity index (χ0n) is 16.2. The third-order valence-corrected chi connectivity index (χ3v) is 4.73. The van der Waals surface area contributed by atoms with Gasteiger partial charge >= 0.3 is 6.09 Å². The smallest absolute Gasteiger partial charge is 0.408 e. The van der Waals surface area contributed by atoms with Gasteiger partial charge in [-0.05, 0) is 54.4 Å². The number of nitrogens with zero attached hydrogens (tertiary/aromatic N) is 1. The summed E-state index contributed by atoms with van der Waals surface area (Å²) in [5.74, 6) is 7.06. The van der Waals surface area contributed by atoms with Gasteiger partial charge in [-0.1, -0.05) is 36.1 Å². The van der Waals surface area contributed by atoms with E-state index in [0.29, 0.717) is 0 Å². The van der Waals surface area contributed by atoms with Crippen LogP contribution in [0, 0.1) is 18.8 Å². The summed E-state index contributed by atoms with van der Waals surface area (Å²) in [5.41, 5.74) is 4.51. The zero-order chi connectivity index (χ0) is 20.2. The molecule has 1 saturated heterocycles. The standard InChI is InChI=1S/C24H20N2O3/c1-16-13-18(11-12-25-16)10-9-17-5-3-6-19(14-17)22-23(29-24(27)26-22)20-7-4-8-21(15-20)28-2/h3-8,11-15,22-23H,1-2H3,(H,26,27)/t22-,23-/m1/s1. The van der Waals surface area contributed by atoms with Crippen LogP contribution in [0.1, 0.15) is 40.1 Å². The molecular weight excluding hydrogens is 364 g/mol. The van der Waals surface area contributed by atoms with Gasteiger partial charge in [0.05, 0.1) is 13.2 Å². The minimum absolute atomic E-state index is 0.306. The Hall–Kier alpha value is -3.78. The van der Waals surface area contributed by atoms with Gasteiger partial charge in [-0.25, -0.2) is 4.79 Å². The SMILES string of the molecule is COc1cccc([C@H]2OC(=O)N[C@@H]2c2cccc(C#Cc3ccnc(C)c3)c2)c1. The van der Waals surface area contributed by atoms with Crippen LogP contribution in [0.4, 0.5) is 4.79 Å². The predicted octanol–water partition coefficient (Wildman–Crippen LogP) is 4.32. The first-order valence-electron chi connectivity index (χ1n) is 9.28. The fraction of sp³-hybridized carbons (Fsp3) is 0.167. The van der Waals surface area contributed by atoms with Crippen LogP contribution in [0.5, 0.6) is 5.75 Å². The van der Waals surface area contributed by atoms with Crippen molar-refractivity contribution in [1.82, 2.24) is 10.3 Å². The van der Waals surface area contributed by atoms with E-state index in [0.717, 1.165) is 33.7 Å². The van der Waals surface area contributed by atoms with E-state index in [1.165, 1.54) is 0 Å². The lowest BCUT2D eigenvalue weighted by molar-refractivity contribution is 0.132. The number of ether oxygens (including phenoxy) is 2. The number of nitrogens with one attached hydrogen (secondary N) is 1. The average molecular weight is 384 g/mol. The Bertz CT molecular complexity index is 1110. The molecule has 0 bridgehead atoms. The monoisotopic (exact) mass is 384 g/mol. The molecule has 0 radical (unpaired) electrons. The molecule has 3 aromatic rings. The number of carbonyl (C=O) groups is 1. The molecule has 144 valence electrons. The first-order valence-corrected chi connectivity index (χ1v) is 9.28. The Morgan fingerprint density at radius 3 is 2.55 bits per heavy atom. The van der Waals surface area contributed by atoms with Crippen LogP contribution in [-0.4, -0.2) is 18.2 Å². The molecule has 0 saturated carbocycles. The molecule has 4 rings (SSSR count). The van der Waals surface area contributed by atoms with Gasteiger partial charge in [-0.2, -0.15) is 0 Å². The first kappa shape index (κ1) is 18.6. The Morgan fingerprint density at radius 2 is 1.76 bits per heavy atom. The molecule has 1 fully saturated rings. The molecule has 5 heteroatoms. The molecule has 5 nitrogen and oxygen atoms in total. The van der Waals surface area contributed by atoms with E-state index in [1.54, 1.807) is 13.3 Å². The number of cyclic esters (lactones) is 1. The highest BCUT2D eigenvalue weighted by Crippen LogP contribution is 2.37. The van der Waals surface area contributed by atoms with Crippen molar-refractivity contribution in [3.8, 4) is 17.6 Å². The lowest BCUT2D eigenvalue weighted by atomic mass is 9.95. The molecule has 1 aliphatic rings. The van der Waals surface area contributed by atoms with Crippen molar-refractivity contribution >= 4 is 6.09 Å². The van der Waals surface area contributed by atoms with E-state index in [4.69, 9.17) is 9.47 Å². The summed E-state index contributed by atoms with van der Waals surface area (Å²) in [5, 5.41) is 2.91. The molecule has 0 spiro atoms. The van der Waals surface area contributed by atoms with Crippen molar-refractivity contribution < 1.29 is 14.3 Å². The first-order chi connectivity index (χ1) is 14.1. The number of amides is 1. The highest BCUT2D eigenvalue weighted by molar-refractivity contribution is 5.71. The van der Waals surface area contributed by atoms with Crippen molar-refractivity contribution in [3.63, 3.8) is 0 Å². The van der Waals surface area contributed by atoms with Crippen LogP contribution < -0.4 is 10.1 Å². The second kappa shape index (κ2) is 8.07. The number of methoxy groups -OCH3 is 1. The number of rotatable bonds is 3. The van der Waals surface area contributed by atoms with Gasteiger partial charge in [0.2, 0.25) is 0 Å². The normalized spacial score (nSPS) is 17.7. The summed E-state index contributed by atoms with van der Waals surface area (Å²) in [7, 11) is 1.61. The van der Waals surface area contributed by atoms with Gasteiger partial charge in [0.15, 0.2) is 6.10 Å². The molecule has 2 aromatic carbocycles. The number of aryl methyl sites for hydroxylation is 1. The molecular formula is C24H20N2O3. The van der Waals surface area contributed by atoms with Crippen LogP contribution in [0.25, 0.3) is 0 Å². The fourth-order valence-electron chi connectivity index (χ4n) is 3.33. The van der Waals surface area contributed by atoms with Crippen LogP contribution in [0.15, 0.2) is 66.9 Å². The Labute approximate surface area is 169 Å². The largest absolute Gasteiger partial charge is 0.497 e. The minimum Gasteiger partial charge on any atom is -0.497 e. The summed E-state index contributed by atoms with van der Waals surface area (Å²) < 4.78 is 10.8. The molecule has 1 amide bonds. The number of aromatic nitrogens is 1. The third-order valence-electron chi connectivity index (χ3n) is 4.73. The fourth-order valence-corrected chi connectivity index (χ4v) is 3.33. The van der Waals surface area contributed by atoms with Gasteiger partial charge < -0.3 is 14.8 Å². The summed E-state index contributed by atoms with van der Waals surface area (Å²) in [4.78, 5) is 16.2. The summed E-state index contributed by atoms with van der Waals surface area (Å²) in [6, 6.07) is 18.9. The number of alkyl carbamates (subject to hydrolysis) is 1. The molecule has 2 heterocycles. The maximum Gasteiger partial charge on any atom is 0.408 e. The Kier molecular flexibility index (Phi) is 5.17. The van der Waals surface area contributed by atoms with Gasteiger partial charge in [0.1, 0.15) is 5.75 Å². The Balaban J connectivity index is 1.63. The number of benzene rings is 2. The minimum atomic E-state index is -0.441. The molecule has 1 aromatic heterocycles. The average Bonchev–Trinajstić information content (AvgIpc) is 3.14. The maximum absolute atomic E-state index is 12.0. The second-order valence-electron chi connectivity index (χ2n) is 6.79. The van der Waals surface area contributed by atoms with Gasteiger partial charge in [0, 0.05) is 23.0 Å². The van der Waals surface area contributed by atoms with E-state index < -0.39 is 12.2 Å². The van der Waals surface area contributed by atoms with Gasteiger partial charge in [-0.3, -0.25) is 4.98 Å². The highest BCUT2D eigenvalue weighted by Gasteiger charge is 2.36. The summed E-state index contributed by atoms with van der Waals surface area (Å²) in [6.07, 6.45) is 0.870. The quantitative estimate of drug-likeness (QED) is 0.683. The predicted molar refractivity (Wildman–Crippen MR) is 109 cm³/mol. The van der Waals surface area contributed by atoms with E-state index >= 15 is 0 Å². The Morgan fingerprint density at radius 1 is 1.00 bits per heavy atom. The third kappa shape index (κ3) is 4.22. The lowest BCUT2D eigenvalue weighted by Gasteiger charge is -2.18. The molecule has 1 N–H and O–H groups in total. The maximum atomic E-state index is 12.0. The molecule has 0 aliphatic carbocycles. The number of carbonyl (C=O) groups excluding carboxylic acids is 1. The van der Waals surface area contributed by atoms with Crippen molar-refractivity contribution in [2.75, 3.05) is 7.11 Å². The van der Waals surface area contributed by atoms with Crippen molar-refractivity contribution in [2.24, 2.45) is 0 Å². The number of pyridine rings is 1. The van der Waals surface area contributed by atoms with Crippen molar-refractivity contribution in [2.45, 2.75) is 19.1 Å². The van der Waals surface area contributed by atoms with Crippen LogP contribution in [0.2, 0.25) is 0 Å². The molecule has 2 atom stereocenters. The van der Waals surface area contributed by atoms with Crippen LogP contribution >= 0.6 is 0 Å². The van der Waals surface area contributed by atoms with E-state index in [9.17, 15) is 4.79 Å². The lowest BCUT2D eigenvalue weighted by Crippen LogP contribution is -2.19. The second-order valence-corrected chi connectivity index (χ2v) is 6.79. The van der Waals surface area contributed by atoms with Gasteiger partial charge in [0.25, 0.3) is 0 Å². The highest BCUT2D eigenvalue weighted by atomic mass is 16.6. The summed E-state index contributed by atoms with van der Waals surface area (Å²) in [6.45, 7) is 1.94. The van der Waals surface area contributed by atoms with E-state index in [1.807, 2.05) is 67.6 Å². The number of hydrogen-bond donors (Lipinski definition) is 1. The topological polar surface area (TPSA) is 60.5 Å². The number of hydrogen-bond acceptors (Lipinski definition) is 4. The van der Waals surface area contributed by atoms with Crippen LogP contribution in [0.3, 0.4) is 0 Å². The van der Waals surface area contributed by atoms with Gasteiger partial charge in [-0.15, -0.1) is 0 Å². The molecule has 0 unspecified atom stereocenters. The van der Waals surface area contributed by atoms with E-state index in [2.05, 4.69) is 22.1 Å². The van der Waals surface area contributed by atoms with Crippen molar-refractivity contribution in [3.05, 3.63) is 94.8 Å². The van der Waals surface area contributed by atoms with Crippen molar-refractivity contribution in [1.29, 1.82) is 0 Å².